The van der Waals surface area contributed by atoms with Crippen LogP contribution in [0.2, 0.25) is 0 Å². The summed E-state index contributed by atoms with van der Waals surface area (Å²) < 4.78 is 5.41. The van der Waals surface area contributed by atoms with Crippen molar-refractivity contribution in [3.63, 3.8) is 0 Å². The van der Waals surface area contributed by atoms with Crippen molar-refractivity contribution < 1.29 is 14.9 Å². The van der Waals surface area contributed by atoms with E-state index in [1.54, 1.807) is 0 Å². The lowest BCUT2D eigenvalue weighted by atomic mass is 9.96. The quantitative estimate of drug-likeness (QED) is 0.599. The zero-order valence-electron chi connectivity index (χ0n) is 14.0. The average Bonchev–Trinajstić information content (AvgIpc) is 3.04. The van der Waals surface area contributed by atoms with E-state index in [0.717, 1.165) is 51.8 Å². The molecule has 2 atom stereocenters. The summed E-state index contributed by atoms with van der Waals surface area (Å²) in [4.78, 5) is 13.2. The van der Waals surface area contributed by atoms with Gasteiger partial charge in [0.05, 0.1) is 19.8 Å². The van der Waals surface area contributed by atoms with Crippen LogP contribution in [0.1, 0.15) is 0 Å². The molecule has 0 spiro atoms. The Hall–Kier alpha value is -1.48. The van der Waals surface area contributed by atoms with Gasteiger partial charge in [-0.1, -0.05) is 0 Å². The lowest BCUT2D eigenvalue weighted by molar-refractivity contribution is 0.0268. The molecule has 0 bridgehead atoms. The predicted molar refractivity (Wildman–Crippen MR) is 91.1 cm³/mol. The number of anilines is 2. The van der Waals surface area contributed by atoms with Gasteiger partial charge in [0.1, 0.15) is 18.0 Å². The fraction of sp³-hybridized carbons (Fsp3) is 0.750. The summed E-state index contributed by atoms with van der Waals surface area (Å²) in [5.74, 6) is 2.27. The predicted octanol–water partition coefficient (Wildman–Crippen LogP) is -0.742. The van der Waals surface area contributed by atoms with Gasteiger partial charge >= 0.3 is 0 Å². The fourth-order valence-corrected chi connectivity index (χ4v) is 3.46. The largest absolute Gasteiger partial charge is 0.396 e. The molecule has 0 unspecified atom stereocenters. The van der Waals surface area contributed by atoms with Crippen molar-refractivity contribution in [3.05, 3.63) is 12.4 Å². The highest BCUT2D eigenvalue weighted by molar-refractivity contribution is 5.49. The number of rotatable bonds is 7. The normalized spacial score (nSPS) is 25.2. The maximum atomic E-state index is 9.76. The highest BCUT2D eigenvalue weighted by Gasteiger charge is 2.34. The number of morpholine rings is 1. The molecule has 1 aromatic heterocycles. The molecule has 24 heavy (non-hydrogen) atoms. The third kappa shape index (κ3) is 4.32. The molecule has 2 saturated heterocycles. The zero-order chi connectivity index (χ0) is 16.8. The highest BCUT2D eigenvalue weighted by atomic mass is 16.5. The number of aliphatic hydroxyl groups is 2. The van der Waals surface area contributed by atoms with Gasteiger partial charge in [0.15, 0.2) is 0 Å². The summed E-state index contributed by atoms with van der Waals surface area (Å²) in [6.07, 6.45) is 1.54. The van der Waals surface area contributed by atoms with Crippen molar-refractivity contribution in [1.29, 1.82) is 0 Å². The third-order valence-electron chi connectivity index (χ3n) is 4.80. The SMILES string of the molecule is OCCNc1cc(N2C[C@@H](CO)[C@@H](CN3CCOCC3)C2)ncn1. The van der Waals surface area contributed by atoms with Gasteiger partial charge < -0.3 is 25.2 Å². The molecule has 0 aliphatic carbocycles. The van der Waals surface area contributed by atoms with E-state index >= 15 is 0 Å². The van der Waals surface area contributed by atoms with E-state index in [-0.39, 0.29) is 19.1 Å². The van der Waals surface area contributed by atoms with Gasteiger partial charge in [-0.25, -0.2) is 9.97 Å². The maximum absolute atomic E-state index is 9.76. The Morgan fingerprint density at radius 3 is 2.71 bits per heavy atom. The van der Waals surface area contributed by atoms with E-state index in [4.69, 9.17) is 9.84 Å². The van der Waals surface area contributed by atoms with Crippen molar-refractivity contribution in [2.75, 3.05) is 75.9 Å². The van der Waals surface area contributed by atoms with Crippen molar-refractivity contribution in [1.82, 2.24) is 14.9 Å². The van der Waals surface area contributed by atoms with Crippen LogP contribution in [0, 0.1) is 11.8 Å². The van der Waals surface area contributed by atoms with Crippen LogP contribution in [0.15, 0.2) is 12.4 Å². The molecule has 3 N–H and O–H groups in total. The van der Waals surface area contributed by atoms with Gasteiger partial charge in [-0.15, -0.1) is 0 Å². The highest BCUT2D eigenvalue weighted by Crippen LogP contribution is 2.28. The first kappa shape index (κ1) is 17.3. The van der Waals surface area contributed by atoms with Crippen molar-refractivity contribution >= 4 is 11.6 Å². The molecule has 0 aromatic carbocycles. The lowest BCUT2D eigenvalue weighted by Gasteiger charge is -2.30. The number of nitrogens with zero attached hydrogens (tertiary/aromatic N) is 4. The second-order valence-electron chi connectivity index (χ2n) is 6.43. The van der Waals surface area contributed by atoms with Crippen LogP contribution in [-0.4, -0.2) is 90.8 Å². The molecule has 2 aliphatic heterocycles. The van der Waals surface area contributed by atoms with Gasteiger partial charge in [0, 0.05) is 57.9 Å². The Balaban J connectivity index is 1.62. The van der Waals surface area contributed by atoms with Crippen LogP contribution in [-0.2, 0) is 4.74 Å². The number of aromatic nitrogens is 2. The molecular formula is C16H27N5O3. The summed E-state index contributed by atoms with van der Waals surface area (Å²) >= 11 is 0. The summed E-state index contributed by atoms with van der Waals surface area (Å²) in [6, 6.07) is 1.90. The molecule has 0 saturated carbocycles. The molecule has 3 heterocycles. The molecule has 2 fully saturated rings. The molecule has 1 aromatic rings. The molecule has 8 nitrogen and oxygen atoms in total. The Labute approximate surface area is 142 Å². The fourth-order valence-electron chi connectivity index (χ4n) is 3.46. The lowest BCUT2D eigenvalue weighted by Crippen LogP contribution is -2.41. The molecule has 2 aliphatic rings. The van der Waals surface area contributed by atoms with Crippen LogP contribution in [0.3, 0.4) is 0 Å². The van der Waals surface area contributed by atoms with E-state index in [0.29, 0.717) is 18.3 Å². The first-order chi connectivity index (χ1) is 11.8. The van der Waals surface area contributed by atoms with E-state index in [2.05, 4.69) is 25.1 Å². The van der Waals surface area contributed by atoms with Gasteiger partial charge in [-0.2, -0.15) is 0 Å². The minimum atomic E-state index is 0.0667. The zero-order valence-corrected chi connectivity index (χ0v) is 14.0. The molecule has 0 radical (unpaired) electrons. The Kier molecular flexibility index (Phi) is 6.19. The smallest absolute Gasteiger partial charge is 0.134 e. The van der Waals surface area contributed by atoms with Crippen molar-refractivity contribution in [3.8, 4) is 0 Å². The second-order valence-corrected chi connectivity index (χ2v) is 6.43. The maximum Gasteiger partial charge on any atom is 0.134 e. The first-order valence-corrected chi connectivity index (χ1v) is 8.63. The van der Waals surface area contributed by atoms with Gasteiger partial charge in [0.2, 0.25) is 0 Å². The van der Waals surface area contributed by atoms with Crippen molar-refractivity contribution in [2.45, 2.75) is 0 Å². The van der Waals surface area contributed by atoms with E-state index in [1.165, 1.54) is 6.33 Å². The molecule has 0 amide bonds. The monoisotopic (exact) mass is 337 g/mol. The molecular weight excluding hydrogens is 310 g/mol. The van der Waals surface area contributed by atoms with Gasteiger partial charge in [-0.3, -0.25) is 4.90 Å². The summed E-state index contributed by atoms with van der Waals surface area (Å²) in [7, 11) is 0. The number of aliphatic hydroxyl groups excluding tert-OH is 2. The van der Waals surface area contributed by atoms with Crippen LogP contribution in [0.25, 0.3) is 0 Å². The third-order valence-corrected chi connectivity index (χ3v) is 4.80. The van der Waals surface area contributed by atoms with E-state index in [9.17, 15) is 5.11 Å². The molecule has 8 heteroatoms. The Morgan fingerprint density at radius 2 is 1.96 bits per heavy atom. The van der Waals surface area contributed by atoms with Crippen LogP contribution in [0.4, 0.5) is 11.6 Å². The average molecular weight is 337 g/mol. The van der Waals surface area contributed by atoms with Gasteiger partial charge in [-0.05, 0) is 5.92 Å². The minimum absolute atomic E-state index is 0.0667. The standard InChI is InChI=1S/C16H27N5O3/c22-4-1-17-15-7-16(19-12-18-15)21-9-13(14(10-21)11-23)8-20-2-5-24-6-3-20/h7,12-14,22-23H,1-6,8-11H2,(H,17,18,19)/t13-,14-/m0/s1. The number of ether oxygens (including phenoxy) is 1. The minimum Gasteiger partial charge on any atom is -0.396 e. The summed E-state index contributed by atoms with van der Waals surface area (Å²) in [5, 5.41) is 21.7. The van der Waals surface area contributed by atoms with E-state index < -0.39 is 0 Å². The van der Waals surface area contributed by atoms with E-state index in [1.807, 2.05) is 6.07 Å². The van der Waals surface area contributed by atoms with Crippen LogP contribution < -0.4 is 10.2 Å². The van der Waals surface area contributed by atoms with Crippen LogP contribution in [0.5, 0.6) is 0 Å². The van der Waals surface area contributed by atoms with Crippen LogP contribution >= 0.6 is 0 Å². The number of hydrogen-bond donors (Lipinski definition) is 3. The molecule has 134 valence electrons. The first-order valence-electron chi connectivity index (χ1n) is 8.63. The molecule has 3 rings (SSSR count). The second kappa shape index (κ2) is 8.57. The summed E-state index contributed by atoms with van der Waals surface area (Å²) in [6.45, 7) is 6.96. The Bertz CT molecular complexity index is 512. The summed E-state index contributed by atoms with van der Waals surface area (Å²) in [5.41, 5.74) is 0. The number of hydrogen-bond acceptors (Lipinski definition) is 8. The Morgan fingerprint density at radius 1 is 1.17 bits per heavy atom. The topological polar surface area (TPSA) is 94.0 Å². The number of nitrogens with one attached hydrogen (secondary N) is 1. The van der Waals surface area contributed by atoms with Gasteiger partial charge in [0.25, 0.3) is 0 Å². The van der Waals surface area contributed by atoms with Crippen molar-refractivity contribution in [2.24, 2.45) is 11.8 Å².